The van der Waals surface area contributed by atoms with Crippen molar-refractivity contribution in [2.75, 3.05) is 20.2 Å². The normalized spacial score (nSPS) is 18.5. The van der Waals surface area contributed by atoms with Gasteiger partial charge in [0.2, 0.25) is 5.88 Å². The second-order valence-corrected chi connectivity index (χ2v) is 11.6. The molecule has 5 rings (SSSR count). The maximum Gasteiger partial charge on any atom is 0.271 e. The molecule has 0 saturated carbocycles. The third kappa shape index (κ3) is 4.75. The minimum atomic E-state index is -0.275. The quantitative estimate of drug-likeness (QED) is 0.262. The zero-order valence-corrected chi connectivity index (χ0v) is 24.5. The molecule has 2 N–H and O–H groups in total. The number of likely N-dealkylation sites (N-methyl/N-ethyl adjacent to an activating group) is 1. The molecule has 1 aliphatic heterocycles. The highest BCUT2D eigenvalue weighted by Gasteiger charge is 2.24. The number of aromatic amines is 1. The lowest BCUT2D eigenvalue weighted by Gasteiger charge is -2.24. The molecule has 0 amide bonds. The summed E-state index contributed by atoms with van der Waals surface area (Å²) >= 11 is 2.30. The Morgan fingerprint density at radius 2 is 2.11 bits per heavy atom. The summed E-state index contributed by atoms with van der Waals surface area (Å²) in [6, 6.07) is 1.75. The van der Waals surface area contributed by atoms with Crippen LogP contribution in [0.25, 0.3) is 34.3 Å². The fraction of sp³-hybridized carbons (Fsp3) is 0.417. The van der Waals surface area contributed by atoms with Gasteiger partial charge in [0.25, 0.3) is 5.56 Å². The molecule has 196 valence electrons. The molecule has 0 spiro atoms. The number of H-pyrrole nitrogens is 1. The van der Waals surface area contributed by atoms with Gasteiger partial charge in [0.1, 0.15) is 6.10 Å². The lowest BCUT2D eigenvalue weighted by atomic mass is 10.1. The fourth-order valence-electron chi connectivity index (χ4n) is 4.87. The monoisotopic (exact) mass is 636 g/mol. The highest BCUT2D eigenvalue weighted by molar-refractivity contribution is 14.2. The first kappa shape index (κ1) is 26.1. The zero-order chi connectivity index (χ0) is 26.4. The summed E-state index contributed by atoms with van der Waals surface area (Å²) in [7, 11) is 3.86. The van der Waals surface area contributed by atoms with Crippen LogP contribution >= 0.6 is 28.4 Å². The van der Waals surface area contributed by atoms with Crippen molar-refractivity contribution >= 4 is 51.5 Å². The van der Waals surface area contributed by atoms with Gasteiger partial charge in [-0.1, -0.05) is 0 Å². The van der Waals surface area contributed by atoms with Crippen LogP contribution in [0.1, 0.15) is 42.5 Å². The molecule has 0 fully saturated rings. The van der Waals surface area contributed by atoms with Gasteiger partial charge in [-0.2, -0.15) is 10.2 Å². The van der Waals surface area contributed by atoms with E-state index in [1.54, 1.807) is 9.36 Å². The molecule has 1 aliphatic rings. The average Bonchev–Trinajstić information content (AvgIpc) is 3.46. The predicted octanol–water partition coefficient (Wildman–Crippen LogP) is 3.36. The lowest BCUT2D eigenvalue weighted by molar-refractivity contribution is 0.145. The molecule has 3 unspecified atom stereocenters. The van der Waals surface area contributed by atoms with E-state index in [4.69, 9.17) is 14.8 Å². The van der Waals surface area contributed by atoms with E-state index in [9.17, 15) is 9.90 Å². The molecule has 4 aromatic heterocycles. The van der Waals surface area contributed by atoms with E-state index in [-0.39, 0.29) is 24.3 Å². The molecule has 37 heavy (non-hydrogen) atoms. The Kier molecular flexibility index (Phi) is 7.27. The summed E-state index contributed by atoms with van der Waals surface area (Å²) < 4.78 is 11.9. The molecule has 11 nitrogen and oxygen atoms in total. The smallest absolute Gasteiger partial charge is 0.271 e. The SMILES string of the molecule is Cc1nn(C)c2c1-c1cc3c(nn(PI)c3cn1)/C=C/c1c(n(C(C)CO)[nH]c1=O)CN(C)CC(C)O2. The minimum absolute atomic E-state index is 0.0893. The number of nitrogens with zero attached hydrogens (tertiary/aromatic N) is 7. The first-order valence-corrected chi connectivity index (χ1v) is 16.0. The predicted molar refractivity (Wildman–Crippen MR) is 154 cm³/mol. The standard InChI is InChI=1S/C24H30IN8O3P/c1-13(12-34)32-21-11-30(4)10-14(2)36-24-22(15(3)27-31(24)5)19-8-17-18(7-6-16(21)23(35)29-32)28-33(37-25)20(17)9-26-19/h6-9,13-14,34,37H,10-12H2,1-5H3,(H,29,35)/b7-6+. The summed E-state index contributed by atoms with van der Waals surface area (Å²) in [6.45, 7) is 6.85. The number of halogens is 1. The number of rotatable bonds is 3. The van der Waals surface area contributed by atoms with Crippen LogP contribution in [0.5, 0.6) is 5.88 Å². The molecule has 0 aromatic carbocycles. The summed E-state index contributed by atoms with van der Waals surface area (Å²) in [5.41, 5.74) is 5.26. The number of aliphatic hydroxyl groups excluding tert-OH is 1. The van der Waals surface area contributed by atoms with Crippen molar-refractivity contribution in [1.29, 1.82) is 0 Å². The number of aryl methyl sites for hydroxylation is 2. The summed E-state index contributed by atoms with van der Waals surface area (Å²) in [5.74, 6) is 0.661. The largest absolute Gasteiger partial charge is 0.473 e. The van der Waals surface area contributed by atoms with E-state index in [1.807, 2.05) is 63.7 Å². The number of pyridine rings is 1. The van der Waals surface area contributed by atoms with E-state index in [2.05, 4.69) is 37.1 Å². The molecule has 2 bridgehead atoms. The number of aromatic nitrogens is 7. The van der Waals surface area contributed by atoms with Gasteiger partial charge in [-0.15, -0.1) is 0 Å². The first-order valence-electron chi connectivity index (χ1n) is 12.0. The van der Waals surface area contributed by atoms with Gasteiger partial charge in [0, 0.05) is 25.5 Å². The third-order valence-electron chi connectivity index (χ3n) is 6.58. The third-order valence-corrected chi connectivity index (χ3v) is 8.45. The minimum Gasteiger partial charge on any atom is -0.473 e. The van der Waals surface area contributed by atoms with E-state index >= 15 is 0 Å². The van der Waals surface area contributed by atoms with Crippen LogP contribution in [0.4, 0.5) is 0 Å². The number of fused-ring (bicyclic) bond motifs is 4. The molecule has 5 heterocycles. The number of ether oxygens (including phenoxy) is 1. The molecule has 0 aliphatic carbocycles. The molecule has 13 heteroatoms. The van der Waals surface area contributed by atoms with Gasteiger partial charge in [0.15, 0.2) is 0 Å². The van der Waals surface area contributed by atoms with E-state index < -0.39 is 0 Å². The molecular formula is C24H30IN8O3P. The Balaban J connectivity index is 1.75. The van der Waals surface area contributed by atoms with Gasteiger partial charge in [-0.3, -0.25) is 24.5 Å². The van der Waals surface area contributed by atoms with Gasteiger partial charge in [0.05, 0.1) is 64.6 Å². The first-order chi connectivity index (χ1) is 17.7. The van der Waals surface area contributed by atoms with E-state index in [0.29, 0.717) is 30.9 Å². The van der Waals surface area contributed by atoms with Gasteiger partial charge >= 0.3 is 0 Å². The highest BCUT2D eigenvalue weighted by atomic mass is 127. The Hall–Kier alpha value is -2.54. The van der Waals surface area contributed by atoms with E-state index in [0.717, 1.165) is 39.2 Å². The summed E-state index contributed by atoms with van der Waals surface area (Å²) in [5, 5.41) is 23.1. The number of nitrogens with one attached hydrogen (secondary N) is 1. The molecule has 0 radical (unpaired) electrons. The van der Waals surface area contributed by atoms with Crippen molar-refractivity contribution in [2.45, 2.75) is 39.5 Å². The van der Waals surface area contributed by atoms with Crippen molar-refractivity contribution in [3.63, 3.8) is 0 Å². The van der Waals surface area contributed by atoms with Crippen molar-refractivity contribution in [1.82, 2.24) is 39.0 Å². The Morgan fingerprint density at radius 3 is 2.84 bits per heavy atom. The van der Waals surface area contributed by atoms with E-state index in [1.165, 1.54) is 0 Å². The van der Waals surface area contributed by atoms with Crippen molar-refractivity contribution in [2.24, 2.45) is 7.05 Å². The molecule has 0 saturated heterocycles. The van der Waals surface area contributed by atoms with Crippen LogP contribution in [-0.2, 0) is 13.6 Å². The Morgan fingerprint density at radius 1 is 1.32 bits per heavy atom. The average molecular weight is 636 g/mol. The number of aliphatic hydroxyl groups is 1. The molecule has 3 atom stereocenters. The Labute approximate surface area is 228 Å². The number of hydrogen-bond acceptors (Lipinski definition) is 7. The van der Waals surface area contributed by atoms with Crippen LogP contribution in [-0.4, -0.2) is 70.4 Å². The maximum absolute atomic E-state index is 13.0. The number of hydrogen-bond donors (Lipinski definition) is 2. The van der Waals surface area contributed by atoms with Crippen LogP contribution < -0.4 is 10.3 Å². The molecular weight excluding hydrogens is 606 g/mol. The second-order valence-electron chi connectivity index (χ2n) is 9.52. The van der Waals surface area contributed by atoms with Gasteiger partial charge in [-0.05, 0) is 68.1 Å². The summed E-state index contributed by atoms with van der Waals surface area (Å²) in [4.78, 5) is 19.9. The highest BCUT2D eigenvalue weighted by Crippen LogP contribution is 2.37. The van der Waals surface area contributed by atoms with Gasteiger partial charge in [-0.25, -0.2) is 9.13 Å². The molecule has 4 aromatic rings. The summed E-state index contributed by atoms with van der Waals surface area (Å²) in [6.07, 6.45) is 5.77. The fourth-order valence-corrected chi connectivity index (χ4v) is 6.39. The van der Waals surface area contributed by atoms with Crippen LogP contribution in [0.2, 0.25) is 0 Å². The topological polar surface area (TPSA) is 119 Å². The zero-order valence-electron chi connectivity index (χ0n) is 21.4. The van der Waals surface area contributed by atoms with Gasteiger partial charge < -0.3 is 9.84 Å². The Bertz CT molecular complexity index is 1550. The van der Waals surface area contributed by atoms with Crippen molar-refractivity contribution < 1.29 is 9.84 Å². The van der Waals surface area contributed by atoms with Crippen LogP contribution in [0.15, 0.2) is 17.1 Å². The van der Waals surface area contributed by atoms with Crippen molar-refractivity contribution in [3.8, 4) is 17.1 Å². The second kappa shape index (κ2) is 10.3. The van der Waals surface area contributed by atoms with Crippen molar-refractivity contribution in [3.05, 3.63) is 45.3 Å². The van der Waals surface area contributed by atoms with Crippen LogP contribution in [0, 0.1) is 6.92 Å². The lowest BCUT2D eigenvalue weighted by Crippen LogP contribution is -2.32. The van der Waals surface area contributed by atoms with Crippen LogP contribution in [0.3, 0.4) is 0 Å². The maximum atomic E-state index is 13.0.